The van der Waals surface area contributed by atoms with Crippen molar-refractivity contribution in [2.75, 3.05) is 27.4 Å². The fraction of sp³-hybridized carbons (Fsp3) is 0.500. The molecule has 0 radical (unpaired) electrons. The number of methoxy groups -OCH3 is 2. The van der Waals surface area contributed by atoms with Crippen molar-refractivity contribution in [3.63, 3.8) is 0 Å². The van der Waals surface area contributed by atoms with E-state index in [1.165, 1.54) is 0 Å². The lowest BCUT2D eigenvalue weighted by Gasteiger charge is -2.23. The van der Waals surface area contributed by atoms with Crippen LogP contribution in [0, 0.1) is 0 Å². The Balaban J connectivity index is 1.84. The maximum absolute atomic E-state index is 5.92. The van der Waals surface area contributed by atoms with E-state index in [0.717, 1.165) is 54.8 Å². The van der Waals surface area contributed by atoms with Crippen molar-refractivity contribution in [3.05, 3.63) is 71.8 Å². The lowest BCUT2D eigenvalue weighted by molar-refractivity contribution is -0.293. The number of rotatable bonds is 12. The molecule has 0 saturated carbocycles. The second kappa shape index (κ2) is 14.7. The van der Waals surface area contributed by atoms with Gasteiger partial charge in [-0.1, -0.05) is 67.1 Å². The molecular formula is C28H38N2O4. The molecule has 6 heteroatoms. The first-order valence-electron chi connectivity index (χ1n) is 12.3. The van der Waals surface area contributed by atoms with Crippen molar-refractivity contribution in [2.45, 2.75) is 63.6 Å². The van der Waals surface area contributed by atoms with Crippen LogP contribution in [0.15, 0.2) is 70.6 Å². The quantitative estimate of drug-likeness (QED) is 0.176. The molecule has 34 heavy (non-hydrogen) atoms. The maximum Gasteiger partial charge on any atom is 0.183 e. The lowest BCUT2D eigenvalue weighted by atomic mass is 9.98. The predicted octanol–water partition coefficient (Wildman–Crippen LogP) is 5.64. The molecule has 0 bridgehead atoms. The second-order valence-electron chi connectivity index (χ2n) is 8.51. The van der Waals surface area contributed by atoms with Gasteiger partial charge in [0.25, 0.3) is 0 Å². The van der Waals surface area contributed by atoms with Crippen molar-refractivity contribution in [3.8, 4) is 0 Å². The van der Waals surface area contributed by atoms with Gasteiger partial charge in [0.1, 0.15) is 6.61 Å². The molecule has 0 aromatic heterocycles. The molecule has 3 atom stereocenters. The van der Waals surface area contributed by atoms with E-state index in [2.05, 4.69) is 24.3 Å². The average Bonchev–Trinajstić information content (AvgIpc) is 3.12. The minimum atomic E-state index is -0.136. The van der Waals surface area contributed by atoms with Gasteiger partial charge < -0.3 is 9.47 Å². The van der Waals surface area contributed by atoms with Crippen LogP contribution >= 0.6 is 0 Å². The fourth-order valence-electron chi connectivity index (χ4n) is 4.27. The highest BCUT2D eigenvalue weighted by atomic mass is 17.2. The molecule has 2 aromatic carbocycles. The minimum absolute atomic E-state index is 0.00303. The van der Waals surface area contributed by atoms with Crippen LogP contribution in [-0.4, -0.2) is 57.2 Å². The van der Waals surface area contributed by atoms with Crippen LogP contribution in [0.2, 0.25) is 0 Å². The van der Waals surface area contributed by atoms with Gasteiger partial charge in [-0.3, -0.25) is 9.98 Å². The Morgan fingerprint density at radius 2 is 1.65 bits per heavy atom. The Kier molecular flexibility index (Phi) is 11.2. The van der Waals surface area contributed by atoms with E-state index in [1.807, 2.05) is 43.3 Å². The highest BCUT2D eigenvalue weighted by Crippen LogP contribution is 2.22. The summed E-state index contributed by atoms with van der Waals surface area (Å²) < 4.78 is 11.4. The third-order valence-corrected chi connectivity index (χ3v) is 6.01. The van der Waals surface area contributed by atoms with Crippen LogP contribution in [0.4, 0.5) is 0 Å². The van der Waals surface area contributed by atoms with Gasteiger partial charge in [0, 0.05) is 24.7 Å². The van der Waals surface area contributed by atoms with E-state index in [9.17, 15) is 0 Å². The summed E-state index contributed by atoms with van der Waals surface area (Å²) in [5.41, 5.74) is 3.08. The van der Waals surface area contributed by atoms with Crippen molar-refractivity contribution in [1.82, 2.24) is 0 Å². The van der Waals surface area contributed by atoms with Crippen LogP contribution in [-0.2, 0) is 19.2 Å². The topological polar surface area (TPSA) is 61.6 Å². The van der Waals surface area contributed by atoms with Crippen LogP contribution in [0.5, 0.6) is 0 Å². The van der Waals surface area contributed by atoms with Gasteiger partial charge in [0.05, 0.1) is 37.6 Å². The van der Waals surface area contributed by atoms with Gasteiger partial charge in [-0.05, 0) is 32.6 Å². The molecule has 3 unspecified atom stereocenters. The zero-order chi connectivity index (χ0) is 24.0. The molecule has 1 aliphatic rings. The molecule has 0 saturated heterocycles. The van der Waals surface area contributed by atoms with Crippen molar-refractivity contribution >= 4 is 11.6 Å². The van der Waals surface area contributed by atoms with E-state index in [4.69, 9.17) is 29.2 Å². The monoisotopic (exact) mass is 466 g/mol. The summed E-state index contributed by atoms with van der Waals surface area (Å²) in [5, 5.41) is 0. The molecule has 3 rings (SSSR count). The van der Waals surface area contributed by atoms with Crippen LogP contribution in [0.25, 0.3) is 0 Å². The minimum Gasteiger partial charge on any atom is -0.484 e. The normalized spacial score (nSPS) is 17.9. The number of nitrogens with zero attached hydrogens (tertiary/aromatic N) is 2. The van der Waals surface area contributed by atoms with Crippen molar-refractivity contribution in [1.29, 1.82) is 0 Å². The van der Waals surface area contributed by atoms with Crippen molar-refractivity contribution < 1.29 is 19.2 Å². The summed E-state index contributed by atoms with van der Waals surface area (Å²) in [4.78, 5) is 20.7. The van der Waals surface area contributed by atoms with Gasteiger partial charge in [-0.25, -0.2) is 9.78 Å². The Morgan fingerprint density at radius 3 is 2.24 bits per heavy atom. The van der Waals surface area contributed by atoms with Gasteiger partial charge in [-0.15, -0.1) is 0 Å². The van der Waals surface area contributed by atoms with Gasteiger partial charge in [0.2, 0.25) is 0 Å². The number of hydrogen-bond acceptors (Lipinski definition) is 6. The molecule has 0 N–H and O–H groups in total. The van der Waals surface area contributed by atoms with Gasteiger partial charge in [0.15, 0.2) is 5.90 Å². The molecule has 0 fully saturated rings. The van der Waals surface area contributed by atoms with Crippen molar-refractivity contribution in [2.24, 2.45) is 9.98 Å². The standard InChI is InChI=1S/C28H38N2O4/c1-4-33-34-21-25(20-26(31-2)19-24-17-11-12-18-27(29-24)32-3)30-28(22-13-7-5-8-14-22)23-15-9-6-10-16-23/h5-10,13-16,24-26H,4,11-12,17-21H2,1-3H3. The summed E-state index contributed by atoms with van der Waals surface area (Å²) >= 11 is 0. The summed E-state index contributed by atoms with van der Waals surface area (Å²) in [6.45, 7) is 2.76. The first kappa shape index (κ1) is 26.1. The molecular weight excluding hydrogens is 428 g/mol. The van der Waals surface area contributed by atoms with E-state index >= 15 is 0 Å². The number of ether oxygens (including phenoxy) is 2. The molecule has 6 nitrogen and oxygen atoms in total. The lowest BCUT2D eigenvalue weighted by Crippen LogP contribution is -2.27. The first-order valence-corrected chi connectivity index (χ1v) is 12.3. The Labute approximate surface area is 203 Å². The number of aliphatic imine (C=N–C) groups is 2. The zero-order valence-electron chi connectivity index (χ0n) is 20.7. The third kappa shape index (κ3) is 8.35. The molecule has 0 amide bonds. The highest BCUT2D eigenvalue weighted by molar-refractivity contribution is 6.12. The first-order chi connectivity index (χ1) is 16.7. The Morgan fingerprint density at radius 1 is 0.971 bits per heavy atom. The Bertz CT molecular complexity index is 844. The van der Waals surface area contributed by atoms with E-state index in [1.54, 1.807) is 14.2 Å². The van der Waals surface area contributed by atoms with Crippen LogP contribution in [0.1, 0.15) is 56.6 Å². The SMILES string of the molecule is CCOOCC(CC(CC1CCCCC(OC)=N1)OC)N=C(c1ccccc1)c1ccccc1. The largest absolute Gasteiger partial charge is 0.484 e. The van der Waals surface area contributed by atoms with E-state index in [0.29, 0.717) is 19.6 Å². The zero-order valence-corrected chi connectivity index (χ0v) is 20.7. The number of hydrogen-bond donors (Lipinski definition) is 0. The summed E-state index contributed by atoms with van der Waals surface area (Å²) in [6.07, 6.45) is 5.77. The molecule has 0 aliphatic carbocycles. The second-order valence-corrected chi connectivity index (χ2v) is 8.51. The average molecular weight is 467 g/mol. The van der Waals surface area contributed by atoms with Gasteiger partial charge >= 0.3 is 0 Å². The highest BCUT2D eigenvalue weighted by Gasteiger charge is 2.23. The molecule has 1 heterocycles. The third-order valence-electron chi connectivity index (χ3n) is 6.01. The smallest absolute Gasteiger partial charge is 0.183 e. The fourth-order valence-corrected chi connectivity index (χ4v) is 4.27. The van der Waals surface area contributed by atoms with E-state index in [-0.39, 0.29) is 18.2 Å². The van der Waals surface area contributed by atoms with Gasteiger partial charge in [-0.2, -0.15) is 0 Å². The summed E-state index contributed by atoms with van der Waals surface area (Å²) in [6, 6.07) is 20.6. The number of benzene rings is 2. The Hall–Kier alpha value is -2.54. The summed E-state index contributed by atoms with van der Waals surface area (Å²) in [7, 11) is 3.47. The summed E-state index contributed by atoms with van der Waals surface area (Å²) in [5.74, 6) is 0.849. The molecule has 2 aromatic rings. The van der Waals surface area contributed by atoms with Crippen LogP contribution < -0.4 is 0 Å². The molecule has 1 aliphatic heterocycles. The maximum atomic E-state index is 5.92. The predicted molar refractivity (Wildman–Crippen MR) is 137 cm³/mol. The molecule has 184 valence electrons. The van der Waals surface area contributed by atoms with E-state index < -0.39 is 0 Å². The van der Waals surface area contributed by atoms with Crippen LogP contribution in [0.3, 0.4) is 0 Å². The molecule has 0 spiro atoms.